The number of allylic oxidation sites excluding steroid dienone is 2. The zero-order valence-corrected chi connectivity index (χ0v) is 34.4. The summed E-state index contributed by atoms with van der Waals surface area (Å²) >= 11 is 0. The number of rotatable bonds is 0. The molecule has 0 aromatic carbocycles. The fourth-order valence-corrected chi connectivity index (χ4v) is 6.15. The second kappa shape index (κ2) is 18.3. The molecule has 3 aliphatic rings. The fraction of sp³-hybridized carbons (Fsp3) is 0.957. The summed E-state index contributed by atoms with van der Waals surface area (Å²) in [6, 6.07) is 0. The molecular formula is C46H100O. The first-order valence-corrected chi connectivity index (χ1v) is 17.7. The Morgan fingerprint density at radius 2 is 0.489 bits per heavy atom. The Morgan fingerprint density at radius 1 is 0.319 bits per heavy atom. The number of epoxide rings is 1. The van der Waals surface area contributed by atoms with Crippen LogP contribution in [0, 0.1) is 67.0 Å². The SMILES string of the molecule is C.C.C.C.CC(C)(C)/C=C\C(C)(C)C.CC(C)(C)C1CC1C(C)(C)C.CC(C)(C)C1CC1C(C)(C)C.CC(C)(C)C1OC1C(C)(C)C. The lowest BCUT2D eigenvalue weighted by Crippen LogP contribution is -2.23. The van der Waals surface area contributed by atoms with Crippen molar-refractivity contribution in [2.24, 2.45) is 67.0 Å². The average molecular weight is 669 g/mol. The Morgan fingerprint density at radius 3 is 0.553 bits per heavy atom. The van der Waals surface area contributed by atoms with Gasteiger partial charge in [-0.3, -0.25) is 0 Å². The van der Waals surface area contributed by atoms with Crippen LogP contribution >= 0.6 is 0 Å². The zero-order valence-electron chi connectivity index (χ0n) is 34.4. The second-order valence-corrected chi connectivity index (χ2v) is 23.1. The maximum atomic E-state index is 5.65. The molecule has 1 saturated heterocycles. The highest BCUT2D eigenvalue weighted by Gasteiger charge is 2.53. The predicted octanol–water partition coefficient (Wildman–Crippen LogP) is 16.5. The summed E-state index contributed by atoms with van der Waals surface area (Å²) in [6.07, 6.45) is 8.39. The van der Waals surface area contributed by atoms with Crippen LogP contribution in [0.5, 0.6) is 0 Å². The van der Waals surface area contributed by atoms with Crippen LogP contribution in [0.3, 0.4) is 0 Å². The van der Waals surface area contributed by atoms with Crippen molar-refractivity contribution in [2.45, 2.75) is 221 Å². The van der Waals surface area contributed by atoms with Gasteiger partial charge in [-0.1, -0.05) is 208 Å². The molecule has 3 rings (SSSR count). The highest BCUT2D eigenvalue weighted by atomic mass is 16.6. The van der Waals surface area contributed by atoms with E-state index >= 15 is 0 Å². The van der Waals surface area contributed by atoms with Crippen molar-refractivity contribution in [3.05, 3.63) is 12.2 Å². The van der Waals surface area contributed by atoms with Gasteiger partial charge in [-0.25, -0.2) is 0 Å². The van der Waals surface area contributed by atoms with Gasteiger partial charge in [0.25, 0.3) is 0 Å². The van der Waals surface area contributed by atoms with Gasteiger partial charge in [0, 0.05) is 0 Å². The number of ether oxygens (including phenoxy) is 1. The smallest absolute Gasteiger partial charge is 0.0895 e. The maximum absolute atomic E-state index is 5.65. The molecule has 0 aromatic heterocycles. The zero-order chi connectivity index (χ0) is 35.0. The monoisotopic (exact) mass is 669 g/mol. The lowest BCUT2D eigenvalue weighted by molar-refractivity contribution is 0.236. The minimum absolute atomic E-state index is 0. The van der Waals surface area contributed by atoms with E-state index in [-0.39, 0.29) is 29.7 Å². The van der Waals surface area contributed by atoms with Crippen LogP contribution in [-0.4, -0.2) is 12.2 Å². The van der Waals surface area contributed by atoms with E-state index in [0.29, 0.717) is 55.5 Å². The van der Waals surface area contributed by atoms with Gasteiger partial charge in [-0.05, 0) is 79.8 Å². The number of hydrogen-bond acceptors (Lipinski definition) is 1. The quantitative estimate of drug-likeness (QED) is 0.185. The van der Waals surface area contributed by atoms with Crippen molar-refractivity contribution in [1.29, 1.82) is 0 Å². The molecule has 0 spiro atoms. The first-order chi connectivity index (χ1) is 18.4. The van der Waals surface area contributed by atoms with E-state index in [2.05, 4.69) is 178 Å². The van der Waals surface area contributed by atoms with Crippen molar-refractivity contribution >= 4 is 0 Å². The third-order valence-electron chi connectivity index (χ3n) is 9.31. The van der Waals surface area contributed by atoms with Gasteiger partial charge in [0.2, 0.25) is 0 Å². The highest BCUT2D eigenvalue weighted by Crippen LogP contribution is 2.59. The fourth-order valence-electron chi connectivity index (χ4n) is 6.15. The third kappa shape index (κ3) is 23.7. The molecule has 0 radical (unpaired) electrons. The second-order valence-electron chi connectivity index (χ2n) is 23.1. The lowest BCUT2D eigenvalue weighted by atomic mass is 9.81. The van der Waals surface area contributed by atoms with Gasteiger partial charge >= 0.3 is 0 Å². The van der Waals surface area contributed by atoms with Gasteiger partial charge < -0.3 is 4.74 Å². The Labute approximate surface area is 304 Å². The summed E-state index contributed by atoms with van der Waals surface area (Å²) in [5, 5.41) is 0. The topological polar surface area (TPSA) is 12.5 Å². The van der Waals surface area contributed by atoms with Gasteiger partial charge in [-0.2, -0.15) is 0 Å². The van der Waals surface area contributed by atoms with Crippen LogP contribution < -0.4 is 0 Å². The number of hydrogen-bond donors (Lipinski definition) is 0. The summed E-state index contributed by atoms with van der Waals surface area (Å²) in [5.41, 5.74) is 3.45. The van der Waals surface area contributed by atoms with Crippen LogP contribution in [0.15, 0.2) is 12.2 Å². The standard InChI is InChI=1S/2C11H22.C10H20O.C10H20.4CH4/c2*1-10(2,3)8-7-9(8)11(4,5)6;1-9(2,3)7-8(11-7)10(4,5)6;1-9(2,3)7-8-10(4,5)6;;;;/h2*8-9H,7H2,1-6H3;7-8H,1-6H3;7-8H,1-6H3;4*1H4/b;;;8-7-;;;;. The van der Waals surface area contributed by atoms with Crippen LogP contribution in [0.25, 0.3) is 0 Å². The molecule has 290 valence electrons. The van der Waals surface area contributed by atoms with E-state index in [0.717, 1.165) is 23.7 Å². The third-order valence-corrected chi connectivity index (χ3v) is 9.31. The molecule has 1 heteroatoms. The molecule has 6 unspecified atom stereocenters. The molecule has 3 fully saturated rings. The molecule has 0 N–H and O–H groups in total. The first kappa shape index (κ1) is 56.1. The summed E-state index contributed by atoms with van der Waals surface area (Å²) in [5.74, 6) is 3.90. The molecule has 2 saturated carbocycles. The van der Waals surface area contributed by atoms with Crippen LogP contribution in [-0.2, 0) is 4.74 Å². The van der Waals surface area contributed by atoms with E-state index in [1.54, 1.807) is 0 Å². The van der Waals surface area contributed by atoms with Crippen molar-refractivity contribution in [3.63, 3.8) is 0 Å². The minimum atomic E-state index is 0. The van der Waals surface area contributed by atoms with E-state index < -0.39 is 0 Å². The highest BCUT2D eigenvalue weighted by molar-refractivity contribution is 5.01. The molecule has 0 aromatic rings. The largest absolute Gasteiger partial charge is 0.368 e. The summed E-state index contributed by atoms with van der Waals surface area (Å²) in [7, 11) is 0. The van der Waals surface area contributed by atoms with Gasteiger partial charge in [0.1, 0.15) is 0 Å². The molecule has 0 amide bonds. The molecule has 1 aliphatic heterocycles. The van der Waals surface area contributed by atoms with Gasteiger partial charge in [-0.15, -0.1) is 0 Å². The van der Waals surface area contributed by atoms with E-state index in [9.17, 15) is 0 Å². The van der Waals surface area contributed by atoms with Crippen molar-refractivity contribution < 1.29 is 4.74 Å². The molecule has 0 bridgehead atoms. The normalized spacial score (nSPS) is 25.7. The summed E-state index contributed by atoms with van der Waals surface area (Å²) in [4.78, 5) is 0. The van der Waals surface area contributed by atoms with E-state index in [1.807, 2.05) is 0 Å². The van der Waals surface area contributed by atoms with Crippen molar-refractivity contribution in [1.82, 2.24) is 0 Å². The molecule has 1 nitrogen and oxygen atoms in total. The van der Waals surface area contributed by atoms with E-state index in [1.165, 1.54) is 12.8 Å². The van der Waals surface area contributed by atoms with Crippen molar-refractivity contribution in [3.8, 4) is 0 Å². The average Bonchev–Trinajstić information content (AvgIpc) is 3.58. The van der Waals surface area contributed by atoms with Gasteiger partial charge in [0.15, 0.2) is 0 Å². The lowest BCUT2D eigenvalue weighted by Gasteiger charge is -2.24. The summed E-state index contributed by atoms with van der Waals surface area (Å²) < 4.78 is 5.65. The molecule has 2 aliphatic carbocycles. The Bertz CT molecular complexity index is 686. The van der Waals surface area contributed by atoms with Gasteiger partial charge in [0.05, 0.1) is 12.2 Å². The molecule has 6 atom stereocenters. The molecule has 1 heterocycles. The Kier molecular flexibility index (Phi) is 21.8. The summed E-state index contributed by atoms with van der Waals surface area (Å²) in [6.45, 7) is 55.1. The minimum Gasteiger partial charge on any atom is -0.368 e. The Hall–Kier alpha value is -0.300. The van der Waals surface area contributed by atoms with Crippen LogP contribution in [0.1, 0.15) is 209 Å². The van der Waals surface area contributed by atoms with E-state index in [4.69, 9.17) is 4.74 Å². The predicted molar refractivity (Wildman–Crippen MR) is 224 cm³/mol. The van der Waals surface area contributed by atoms with Crippen LogP contribution in [0.2, 0.25) is 0 Å². The molecule has 47 heavy (non-hydrogen) atoms. The van der Waals surface area contributed by atoms with Crippen LogP contribution in [0.4, 0.5) is 0 Å². The van der Waals surface area contributed by atoms with Crippen molar-refractivity contribution in [2.75, 3.05) is 0 Å². The Balaban J connectivity index is -0.000000162. The maximum Gasteiger partial charge on any atom is 0.0895 e. The first-order valence-electron chi connectivity index (χ1n) is 17.7. The molecular weight excluding hydrogens is 569 g/mol.